The van der Waals surface area contributed by atoms with Crippen LogP contribution in [0.3, 0.4) is 0 Å². The van der Waals surface area contributed by atoms with Gasteiger partial charge < -0.3 is 5.32 Å². The molecule has 0 radical (unpaired) electrons. The first-order valence-corrected chi connectivity index (χ1v) is 7.75. The molecule has 1 aromatic rings. The summed E-state index contributed by atoms with van der Waals surface area (Å²) in [5, 5.41) is 3.43. The lowest BCUT2D eigenvalue weighted by atomic mass is 9.92. The minimum absolute atomic E-state index is 1.03. The molecule has 0 amide bonds. The van der Waals surface area contributed by atoms with Crippen molar-refractivity contribution in [3.8, 4) is 0 Å². The van der Waals surface area contributed by atoms with E-state index < -0.39 is 0 Å². The molecule has 1 aliphatic heterocycles. The normalized spacial score (nSPS) is 21.4. The van der Waals surface area contributed by atoms with Gasteiger partial charge in [-0.3, -0.25) is 0 Å². The molecule has 21 heavy (non-hydrogen) atoms. The molecule has 0 spiro atoms. The van der Waals surface area contributed by atoms with Crippen LogP contribution in [0.5, 0.6) is 0 Å². The molecule has 1 heteroatoms. The van der Waals surface area contributed by atoms with Gasteiger partial charge in [0.25, 0.3) is 0 Å². The Morgan fingerprint density at radius 3 is 2.67 bits per heavy atom. The molecule has 3 aliphatic rings. The second kappa shape index (κ2) is 6.01. The van der Waals surface area contributed by atoms with Gasteiger partial charge in [0.15, 0.2) is 0 Å². The van der Waals surface area contributed by atoms with Crippen LogP contribution in [0.2, 0.25) is 0 Å². The summed E-state index contributed by atoms with van der Waals surface area (Å²) in [4.78, 5) is 0. The monoisotopic (exact) mass is 275 g/mol. The Balaban J connectivity index is 0.000000636. The summed E-state index contributed by atoms with van der Waals surface area (Å²) >= 11 is 0. The minimum Gasteiger partial charge on any atom is -0.361 e. The molecular formula is C20H21N. The first-order chi connectivity index (χ1) is 10.4. The van der Waals surface area contributed by atoms with Crippen LogP contribution in [0, 0.1) is 0 Å². The van der Waals surface area contributed by atoms with Crippen molar-refractivity contribution in [2.45, 2.75) is 26.7 Å². The maximum atomic E-state index is 3.43. The molecule has 0 atom stereocenters. The number of rotatable bonds is 0. The van der Waals surface area contributed by atoms with Gasteiger partial charge in [-0.2, -0.15) is 0 Å². The van der Waals surface area contributed by atoms with E-state index in [-0.39, 0.29) is 0 Å². The summed E-state index contributed by atoms with van der Waals surface area (Å²) in [6.07, 6.45) is 15.1. The Morgan fingerprint density at radius 2 is 1.86 bits per heavy atom. The summed E-state index contributed by atoms with van der Waals surface area (Å²) in [7, 11) is 0. The van der Waals surface area contributed by atoms with Crippen molar-refractivity contribution >= 4 is 5.70 Å². The lowest BCUT2D eigenvalue weighted by Gasteiger charge is -2.18. The third kappa shape index (κ3) is 2.40. The number of dihydropyridines is 1. The molecule has 0 bridgehead atoms. The van der Waals surface area contributed by atoms with Crippen molar-refractivity contribution in [2.24, 2.45) is 0 Å². The van der Waals surface area contributed by atoms with Crippen LogP contribution in [-0.2, 0) is 6.42 Å². The zero-order valence-electron chi connectivity index (χ0n) is 12.7. The van der Waals surface area contributed by atoms with E-state index in [1.54, 1.807) is 0 Å². The van der Waals surface area contributed by atoms with Crippen molar-refractivity contribution in [3.63, 3.8) is 0 Å². The van der Waals surface area contributed by atoms with Crippen molar-refractivity contribution in [1.29, 1.82) is 0 Å². The zero-order chi connectivity index (χ0) is 14.7. The number of hydrogen-bond donors (Lipinski definition) is 1. The molecule has 2 aliphatic carbocycles. The van der Waals surface area contributed by atoms with Crippen LogP contribution in [0.4, 0.5) is 0 Å². The number of benzene rings is 1. The molecule has 1 aromatic carbocycles. The molecule has 0 saturated heterocycles. The Hall–Kier alpha value is -2.28. The maximum Gasteiger partial charge on any atom is 0.0498 e. The fourth-order valence-electron chi connectivity index (χ4n) is 3.08. The highest BCUT2D eigenvalue weighted by Crippen LogP contribution is 2.39. The highest BCUT2D eigenvalue weighted by Gasteiger charge is 2.25. The highest BCUT2D eigenvalue weighted by molar-refractivity contribution is 5.82. The molecule has 106 valence electrons. The largest absolute Gasteiger partial charge is 0.361 e. The Morgan fingerprint density at radius 1 is 1.00 bits per heavy atom. The molecule has 1 heterocycles. The van der Waals surface area contributed by atoms with Crippen LogP contribution < -0.4 is 5.32 Å². The molecule has 0 fully saturated rings. The quantitative estimate of drug-likeness (QED) is 0.709. The lowest BCUT2D eigenvalue weighted by Crippen LogP contribution is -2.10. The van der Waals surface area contributed by atoms with Gasteiger partial charge in [0.1, 0.15) is 0 Å². The number of allylic oxidation sites excluding steroid dienone is 8. The molecular weight excluding hydrogens is 254 g/mol. The average Bonchev–Trinajstić information content (AvgIpc) is 2.96. The van der Waals surface area contributed by atoms with Crippen LogP contribution in [0.15, 0.2) is 77.6 Å². The van der Waals surface area contributed by atoms with E-state index in [2.05, 4.69) is 66.2 Å². The van der Waals surface area contributed by atoms with E-state index in [9.17, 15) is 0 Å². The van der Waals surface area contributed by atoms with E-state index >= 15 is 0 Å². The van der Waals surface area contributed by atoms with E-state index in [1.165, 1.54) is 33.5 Å². The van der Waals surface area contributed by atoms with Gasteiger partial charge in [0.05, 0.1) is 0 Å². The van der Waals surface area contributed by atoms with E-state index in [0.29, 0.717) is 0 Å². The highest BCUT2D eigenvalue weighted by atomic mass is 14.9. The fourth-order valence-corrected chi connectivity index (χ4v) is 3.08. The minimum atomic E-state index is 1.03. The molecule has 4 rings (SSSR count). The van der Waals surface area contributed by atoms with Crippen LogP contribution >= 0.6 is 0 Å². The van der Waals surface area contributed by atoms with Gasteiger partial charge in [-0.1, -0.05) is 62.4 Å². The maximum absolute atomic E-state index is 3.43. The number of hydrogen-bond acceptors (Lipinski definition) is 1. The Labute approximate surface area is 127 Å². The van der Waals surface area contributed by atoms with E-state index in [1.807, 2.05) is 13.8 Å². The third-order valence-electron chi connectivity index (χ3n) is 3.99. The molecule has 1 N–H and O–H groups in total. The predicted octanol–water partition coefficient (Wildman–Crippen LogP) is 4.91. The summed E-state index contributed by atoms with van der Waals surface area (Å²) in [5.41, 5.74) is 8.33. The van der Waals surface area contributed by atoms with Crippen LogP contribution in [0.25, 0.3) is 5.70 Å². The van der Waals surface area contributed by atoms with Gasteiger partial charge in [0, 0.05) is 23.9 Å². The second-order valence-corrected chi connectivity index (χ2v) is 5.10. The Bertz CT molecular complexity index is 696. The molecule has 1 nitrogen and oxygen atoms in total. The van der Waals surface area contributed by atoms with Gasteiger partial charge >= 0.3 is 0 Å². The predicted molar refractivity (Wildman–Crippen MR) is 90.6 cm³/mol. The Kier molecular flexibility index (Phi) is 3.92. The first-order valence-electron chi connectivity index (χ1n) is 7.75. The smallest absolute Gasteiger partial charge is 0.0498 e. The summed E-state index contributed by atoms with van der Waals surface area (Å²) in [5.74, 6) is 0. The van der Waals surface area contributed by atoms with E-state index in [0.717, 1.165) is 12.8 Å². The average molecular weight is 275 g/mol. The third-order valence-corrected chi connectivity index (χ3v) is 3.99. The molecule has 0 aromatic heterocycles. The number of nitrogens with one attached hydrogen (secondary N) is 1. The van der Waals surface area contributed by atoms with Gasteiger partial charge in [-0.05, 0) is 34.8 Å². The van der Waals surface area contributed by atoms with Crippen molar-refractivity contribution in [2.75, 3.05) is 0 Å². The summed E-state index contributed by atoms with van der Waals surface area (Å²) in [6, 6.07) is 8.68. The van der Waals surface area contributed by atoms with Gasteiger partial charge in [-0.25, -0.2) is 0 Å². The number of fused-ring (bicyclic) bond motifs is 2. The molecule has 0 saturated carbocycles. The topological polar surface area (TPSA) is 12.0 Å². The van der Waals surface area contributed by atoms with Crippen LogP contribution in [-0.4, -0.2) is 0 Å². The second-order valence-electron chi connectivity index (χ2n) is 5.10. The fraction of sp³-hybridized carbons (Fsp3) is 0.200. The molecule has 0 unspecified atom stereocenters. The zero-order valence-corrected chi connectivity index (χ0v) is 12.7. The SMILES string of the molecule is C1=CC/C(=C2\C=CNC3=C2Cc2ccccc23)C=C1.CC. The van der Waals surface area contributed by atoms with Crippen molar-refractivity contribution in [3.05, 3.63) is 88.7 Å². The summed E-state index contributed by atoms with van der Waals surface area (Å²) < 4.78 is 0. The first kappa shape index (κ1) is 13.7. The van der Waals surface area contributed by atoms with Gasteiger partial charge in [-0.15, -0.1) is 0 Å². The summed E-state index contributed by atoms with van der Waals surface area (Å²) in [6.45, 7) is 4.00. The van der Waals surface area contributed by atoms with Crippen LogP contribution in [0.1, 0.15) is 31.4 Å². The van der Waals surface area contributed by atoms with Gasteiger partial charge in [0.2, 0.25) is 0 Å². The van der Waals surface area contributed by atoms with E-state index in [4.69, 9.17) is 0 Å². The lowest BCUT2D eigenvalue weighted by molar-refractivity contribution is 1.11. The van der Waals surface area contributed by atoms with Crippen molar-refractivity contribution < 1.29 is 0 Å². The standard InChI is InChI=1S/C18H15N.C2H6/c1-2-6-13(7-3-1)15-10-11-19-18-16-9-5-4-8-14(16)12-17(15)18;1-2/h1-6,8-11,19H,7,12H2;1-2H3/b15-13+;. The van der Waals surface area contributed by atoms with Crippen molar-refractivity contribution in [1.82, 2.24) is 5.32 Å².